The lowest BCUT2D eigenvalue weighted by Crippen LogP contribution is -2.20. The van der Waals surface area contributed by atoms with Crippen molar-refractivity contribution in [2.75, 3.05) is 13.7 Å². The van der Waals surface area contributed by atoms with E-state index in [4.69, 9.17) is 0 Å². The van der Waals surface area contributed by atoms with Gasteiger partial charge in [0.05, 0.1) is 0 Å². The van der Waals surface area contributed by atoms with Crippen LogP contribution in [0.15, 0.2) is 12.4 Å². The molecule has 0 aliphatic carbocycles. The zero-order valence-electron chi connectivity index (χ0n) is 5.02. The van der Waals surface area contributed by atoms with Gasteiger partial charge in [0, 0.05) is 19.4 Å². The maximum absolute atomic E-state index is 10.2. The Morgan fingerprint density at radius 1 is 1.44 bits per heavy atom. The Morgan fingerprint density at radius 2 is 2.11 bits per heavy atom. The van der Waals surface area contributed by atoms with Crippen molar-refractivity contribution in [2.24, 2.45) is 0 Å². The fraction of sp³-hybridized carbons (Fsp3) is 0.500. The van der Waals surface area contributed by atoms with Gasteiger partial charge in [-0.05, 0) is 0 Å². The molecule has 0 aromatic rings. The van der Waals surface area contributed by atoms with Gasteiger partial charge in [-0.3, -0.25) is 4.31 Å². The SMILES string of the molecule is CN1C=CN([SH](=O)=O)C1. The van der Waals surface area contributed by atoms with Crippen molar-refractivity contribution in [1.82, 2.24) is 9.21 Å². The number of hydrogen-bond acceptors (Lipinski definition) is 3. The van der Waals surface area contributed by atoms with Crippen LogP contribution >= 0.6 is 0 Å². The van der Waals surface area contributed by atoms with Gasteiger partial charge in [0.1, 0.15) is 6.67 Å². The molecular formula is C4H8N2O2S. The summed E-state index contributed by atoms with van der Waals surface area (Å²) in [4.78, 5) is 1.78. The average molecular weight is 148 g/mol. The van der Waals surface area contributed by atoms with Gasteiger partial charge >= 0.3 is 0 Å². The lowest BCUT2D eigenvalue weighted by Gasteiger charge is -2.09. The third-order valence-electron chi connectivity index (χ3n) is 1.07. The first-order valence-electron chi connectivity index (χ1n) is 2.49. The molecule has 0 fully saturated rings. The lowest BCUT2D eigenvalue weighted by atomic mass is 10.9. The quantitative estimate of drug-likeness (QED) is 0.494. The van der Waals surface area contributed by atoms with E-state index in [2.05, 4.69) is 0 Å². The van der Waals surface area contributed by atoms with E-state index >= 15 is 0 Å². The van der Waals surface area contributed by atoms with Crippen LogP contribution in [0.4, 0.5) is 0 Å². The van der Waals surface area contributed by atoms with Crippen LogP contribution in [0.3, 0.4) is 0 Å². The highest BCUT2D eigenvalue weighted by Crippen LogP contribution is 2.01. The topological polar surface area (TPSA) is 40.6 Å². The molecule has 0 amide bonds. The van der Waals surface area contributed by atoms with Gasteiger partial charge in [0.2, 0.25) is 10.9 Å². The molecule has 1 rings (SSSR count). The van der Waals surface area contributed by atoms with Gasteiger partial charge in [-0.15, -0.1) is 0 Å². The summed E-state index contributed by atoms with van der Waals surface area (Å²) >= 11 is 0. The van der Waals surface area contributed by atoms with Gasteiger partial charge in [-0.1, -0.05) is 0 Å². The van der Waals surface area contributed by atoms with Crippen LogP contribution in [0.25, 0.3) is 0 Å². The third-order valence-corrected chi connectivity index (χ3v) is 1.75. The lowest BCUT2D eigenvalue weighted by molar-refractivity contribution is 0.392. The predicted octanol–water partition coefficient (Wildman–Crippen LogP) is -0.811. The zero-order valence-corrected chi connectivity index (χ0v) is 5.91. The van der Waals surface area contributed by atoms with Crippen molar-refractivity contribution >= 4 is 10.9 Å². The van der Waals surface area contributed by atoms with Crippen LogP contribution in [-0.4, -0.2) is 31.3 Å². The molecule has 9 heavy (non-hydrogen) atoms. The van der Waals surface area contributed by atoms with E-state index in [1.165, 1.54) is 10.5 Å². The molecule has 0 saturated heterocycles. The smallest absolute Gasteiger partial charge is 0.226 e. The Labute approximate surface area is 55.5 Å². The predicted molar refractivity (Wildman–Crippen MR) is 33.9 cm³/mol. The van der Waals surface area contributed by atoms with Crippen molar-refractivity contribution in [2.45, 2.75) is 0 Å². The average Bonchev–Trinajstić information content (AvgIpc) is 2.14. The molecule has 0 spiro atoms. The van der Waals surface area contributed by atoms with E-state index < -0.39 is 10.9 Å². The van der Waals surface area contributed by atoms with Crippen LogP contribution < -0.4 is 0 Å². The second kappa shape index (κ2) is 2.26. The molecule has 0 aromatic heterocycles. The minimum absolute atomic E-state index is 0.443. The highest BCUT2D eigenvalue weighted by Gasteiger charge is 2.08. The summed E-state index contributed by atoms with van der Waals surface area (Å²) in [6, 6.07) is 0. The van der Waals surface area contributed by atoms with E-state index in [1.54, 1.807) is 11.1 Å². The molecule has 0 radical (unpaired) electrons. The largest absolute Gasteiger partial charge is 0.361 e. The molecule has 1 aliphatic heterocycles. The second-order valence-electron chi connectivity index (χ2n) is 1.87. The standard InChI is InChI=1S/C4H8N2O2S/c1-5-2-3-6(4-5)9(7)8/h2-3,9H,4H2,1H3. The number of nitrogens with zero attached hydrogens (tertiary/aromatic N) is 2. The Hall–Kier alpha value is -0.710. The summed E-state index contributed by atoms with van der Waals surface area (Å²) in [5.41, 5.74) is 0. The minimum atomic E-state index is -2.42. The molecule has 0 N–H and O–H groups in total. The number of thiol groups is 1. The van der Waals surface area contributed by atoms with Crippen LogP contribution in [0.2, 0.25) is 0 Å². The van der Waals surface area contributed by atoms with Crippen molar-refractivity contribution < 1.29 is 8.42 Å². The molecule has 1 aliphatic rings. The van der Waals surface area contributed by atoms with Crippen molar-refractivity contribution in [3.8, 4) is 0 Å². The monoisotopic (exact) mass is 148 g/mol. The first kappa shape index (κ1) is 6.41. The maximum Gasteiger partial charge on any atom is 0.226 e. The number of rotatable bonds is 1. The molecule has 0 atom stereocenters. The van der Waals surface area contributed by atoms with Gasteiger partial charge in [0.15, 0.2) is 0 Å². The fourth-order valence-electron chi connectivity index (χ4n) is 0.620. The summed E-state index contributed by atoms with van der Waals surface area (Å²) in [5.74, 6) is 0. The third kappa shape index (κ3) is 1.35. The van der Waals surface area contributed by atoms with Gasteiger partial charge < -0.3 is 4.90 Å². The van der Waals surface area contributed by atoms with Gasteiger partial charge in [-0.2, -0.15) is 0 Å². The van der Waals surface area contributed by atoms with Crippen molar-refractivity contribution in [3.63, 3.8) is 0 Å². The molecule has 52 valence electrons. The molecule has 1 heterocycles. The van der Waals surface area contributed by atoms with Crippen LogP contribution in [0.5, 0.6) is 0 Å². The minimum Gasteiger partial charge on any atom is -0.361 e. The second-order valence-corrected chi connectivity index (χ2v) is 2.86. The summed E-state index contributed by atoms with van der Waals surface area (Å²) in [5, 5.41) is 0. The number of hydrogen-bond donors (Lipinski definition) is 1. The van der Waals surface area contributed by atoms with Crippen LogP contribution in [-0.2, 0) is 10.9 Å². The van der Waals surface area contributed by atoms with Crippen molar-refractivity contribution in [1.29, 1.82) is 0 Å². The first-order chi connectivity index (χ1) is 4.20. The summed E-state index contributed by atoms with van der Waals surface area (Å²) in [7, 11) is -0.609. The molecule has 4 nitrogen and oxygen atoms in total. The molecule has 0 bridgehead atoms. The summed E-state index contributed by atoms with van der Waals surface area (Å²) in [6.45, 7) is 0.443. The van der Waals surface area contributed by atoms with Crippen molar-refractivity contribution in [3.05, 3.63) is 12.4 Å². The van der Waals surface area contributed by atoms with E-state index in [1.807, 2.05) is 7.05 Å². The Morgan fingerprint density at radius 3 is 2.33 bits per heavy atom. The van der Waals surface area contributed by atoms with E-state index in [0.29, 0.717) is 6.67 Å². The summed E-state index contributed by atoms with van der Waals surface area (Å²) in [6.07, 6.45) is 3.25. The summed E-state index contributed by atoms with van der Waals surface area (Å²) < 4.78 is 21.7. The van der Waals surface area contributed by atoms with Gasteiger partial charge in [0.25, 0.3) is 0 Å². The van der Waals surface area contributed by atoms with Crippen LogP contribution in [0, 0.1) is 0 Å². The molecule has 0 unspecified atom stereocenters. The fourth-order valence-corrected chi connectivity index (χ4v) is 1.09. The normalized spacial score (nSPS) is 18.0. The van der Waals surface area contributed by atoms with Gasteiger partial charge in [-0.25, -0.2) is 8.42 Å². The van der Waals surface area contributed by atoms with E-state index in [9.17, 15) is 8.42 Å². The Bertz CT molecular complexity index is 191. The molecule has 5 heteroatoms. The highest BCUT2D eigenvalue weighted by atomic mass is 32.2. The molecular weight excluding hydrogens is 140 g/mol. The highest BCUT2D eigenvalue weighted by molar-refractivity contribution is 7.70. The molecule has 0 aromatic carbocycles. The molecule has 0 saturated carbocycles. The first-order valence-corrected chi connectivity index (χ1v) is 3.62. The Balaban J connectivity index is 2.61. The Kier molecular flexibility index (Phi) is 1.61. The van der Waals surface area contributed by atoms with E-state index in [0.717, 1.165) is 0 Å². The maximum atomic E-state index is 10.2. The zero-order chi connectivity index (χ0) is 6.85. The van der Waals surface area contributed by atoms with E-state index in [-0.39, 0.29) is 0 Å². The van der Waals surface area contributed by atoms with Crippen LogP contribution in [0.1, 0.15) is 0 Å².